The maximum atomic E-state index is 14.6. The van der Waals surface area contributed by atoms with Crippen LogP contribution in [0.1, 0.15) is 59.5 Å². The third-order valence-corrected chi connectivity index (χ3v) is 21.1. The highest BCUT2D eigenvalue weighted by Gasteiger charge is 2.61. The van der Waals surface area contributed by atoms with E-state index in [1.54, 1.807) is 0 Å². The minimum Gasteiger partial charge on any atom is -0.477 e. The van der Waals surface area contributed by atoms with Crippen LogP contribution in [0.5, 0.6) is 0 Å². The lowest BCUT2D eigenvalue weighted by molar-refractivity contribution is -0.378. The van der Waals surface area contributed by atoms with E-state index in [-0.39, 0.29) is 49.8 Å². The number of aromatic nitrogens is 2. The fraction of sp³-hybridized carbons (Fsp3) is 0.507. The van der Waals surface area contributed by atoms with Gasteiger partial charge in [0.1, 0.15) is 84.8 Å². The number of carbonyl (C=O) groups excluding carboxylic acids is 6. The van der Waals surface area contributed by atoms with Crippen molar-refractivity contribution in [2.75, 3.05) is 63.4 Å². The third kappa shape index (κ3) is 22.8. The van der Waals surface area contributed by atoms with Gasteiger partial charge in [-0.25, -0.2) is 14.4 Å². The summed E-state index contributed by atoms with van der Waals surface area (Å²) in [4.78, 5) is 121. The van der Waals surface area contributed by atoms with Gasteiger partial charge in [0.25, 0.3) is 47.6 Å². The second kappa shape index (κ2) is 38.4. The molecule has 21 N–H and O–H groups in total. The number of carboxylic acids is 1. The Balaban J connectivity index is 0.890. The first-order valence-corrected chi connectivity index (χ1v) is 39.2. The van der Waals surface area contributed by atoms with E-state index in [0.29, 0.717) is 29.8 Å². The van der Waals surface area contributed by atoms with Gasteiger partial charge in [-0.05, 0) is 79.2 Å². The standard InChI is InChI=1S/C67H84N8O37S3/c1-29-51(84)54(87)55(88)63(106-29)110-56-39(73-61(90)40-22-46(81)75-66(94)74-40)18-34(19-43(56)107-64-59(109-62(91)32-8-4-3-5-9-32)58(53(86)44(26-77)108-64)112-67(65(92)93)23-41(79)50(71-30(2)78)57(111-67)52(85)42(80)25-76)60(89)69-12-11-68-47(82)27-104-13-14-105-28-48(83)72-35-10-6-7-31(15-35)24-70-38-20-36(113(95,96)97)16-33-17-37(114(98,99)100)21-45(49(33)38)115(101,102)103/h3-10,15-17,20-22,29,34,39,41-44,50-59,63-64,70,76-77,79-80,84-88H,11-14,18-19,23-28H2,1-2H3,(H,68,82)(H,69,89)(H,71,78)(H,72,83)(H,73,90)(H,92,93)(H,95,96,97)(H,98,99,100)(H,101,102,103)(H2,74,75,81,94)/t29-,34?,39-,41-,42+,43+,44+,50+,51+,52+,53-,54+,55-,56+,57-,58-,59+,63-,64+,67-/m0/s1. The third-order valence-electron chi connectivity index (χ3n) is 18.6. The number of aliphatic hydroxyl groups excluding tert-OH is 9. The zero-order valence-electron chi connectivity index (χ0n) is 60.4. The van der Waals surface area contributed by atoms with Crippen molar-refractivity contribution in [2.45, 2.75) is 170 Å². The molecule has 1 aromatic heterocycles. The zero-order chi connectivity index (χ0) is 84.3. The maximum Gasteiger partial charge on any atom is 0.364 e. The fourth-order valence-corrected chi connectivity index (χ4v) is 15.0. The number of carboxylic acid groups (broad SMARTS) is 1. The van der Waals surface area contributed by atoms with Gasteiger partial charge in [0, 0.05) is 61.7 Å². The van der Waals surface area contributed by atoms with Crippen molar-refractivity contribution in [2.24, 2.45) is 5.92 Å². The highest BCUT2D eigenvalue weighted by molar-refractivity contribution is 7.87. The summed E-state index contributed by atoms with van der Waals surface area (Å²) in [7, 11) is -15.4. The Bertz CT molecular complexity index is 4800. The summed E-state index contributed by atoms with van der Waals surface area (Å²) >= 11 is 0. The lowest BCUT2D eigenvalue weighted by Crippen LogP contribution is -2.71. The monoisotopic (exact) mass is 1690 g/mol. The molecule has 20 atom stereocenters. The maximum absolute atomic E-state index is 14.6. The van der Waals surface area contributed by atoms with Crippen molar-refractivity contribution in [3.63, 3.8) is 0 Å². The topological polar surface area (TPSA) is 706 Å². The number of amides is 5. The van der Waals surface area contributed by atoms with Crippen molar-refractivity contribution in [3.8, 4) is 0 Å². The summed E-state index contributed by atoms with van der Waals surface area (Å²) in [6.07, 6.45) is -35.6. The first-order valence-electron chi connectivity index (χ1n) is 34.8. The van der Waals surface area contributed by atoms with Crippen molar-refractivity contribution >= 4 is 94.0 Å². The quantitative estimate of drug-likeness (QED) is 0.0103. The van der Waals surface area contributed by atoms with E-state index in [0.717, 1.165) is 13.0 Å². The summed E-state index contributed by atoms with van der Waals surface area (Å²) in [5, 5.41) is 125. The number of rotatable bonds is 34. The molecule has 45 nitrogen and oxygen atoms in total. The number of H-pyrrole nitrogens is 2. The normalized spacial score (nSPS) is 27.8. The molecular formula is C67H84N8O37S3. The second-order valence-electron chi connectivity index (χ2n) is 26.9. The van der Waals surface area contributed by atoms with E-state index in [9.17, 15) is 133 Å². The number of ether oxygens (including phenoxy) is 9. The number of fused-ring (bicyclic) bond motifs is 1. The summed E-state index contributed by atoms with van der Waals surface area (Å²) in [6, 6.07) is 12.6. The average Bonchev–Trinajstić information content (AvgIpc) is 0.754. The SMILES string of the molecule is CC(=O)N[C@H]1[C@@H]([C@H](O)[C@H](O)CO)O[C@@](O[C@H]2[C@@H](O)[C@@H](CO)O[C@@H](O[C@@H]3CC(C(=O)NCCNC(=O)COCCOCC(=O)Nc4cccc(CNc5cc(S(=O)(=O)O)cc6cc(S(=O)(=O)O)cc(S(=O)(=O)O)c56)c4)C[C@H](NC(=O)c4cc(=O)[nH]c(=O)[nH]4)[C@H]3O[C@@H]3O[C@@H](C)[C@@H](O)[C@@H](O)[C@@H]3O)[C@@H]2OC(=O)c2ccccc2)(C(=O)O)C[C@@H]1O. The molecule has 48 heteroatoms. The van der Waals surface area contributed by atoms with Gasteiger partial charge in [-0.1, -0.05) is 30.3 Å². The molecule has 115 heavy (non-hydrogen) atoms. The molecule has 1 saturated carbocycles. The van der Waals surface area contributed by atoms with E-state index < -0.39 is 282 Å². The Kier molecular flexibility index (Phi) is 30.0. The van der Waals surface area contributed by atoms with Crippen molar-refractivity contribution in [1.82, 2.24) is 31.2 Å². The Morgan fingerprint density at radius 2 is 1.36 bits per heavy atom. The van der Waals surface area contributed by atoms with Crippen LogP contribution in [0.4, 0.5) is 11.4 Å². The van der Waals surface area contributed by atoms with Crippen LogP contribution in [0.3, 0.4) is 0 Å². The molecule has 1 unspecified atom stereocenters. The minimum absolute atomic E-state index is 0.182. The van der Waals surface area contributed by atoms with E-state index in [1.807, 2.05) is 4.98 Å². The van der Waals surface area contributed by atoms with Gasteiger partial charge in [-0.2, -0.15) is 25.3 Å². The number of hydrogen-bond donors (Lipinski definition) is 21. The van der Waals surface area contributed by atoms with Crippen LogP contribution >= 0.6 is 0 Å². The van der Waals surface area contributed by atoms with Gasteiger partial charge in [0.2, 0.25) is 23.6 Å². The molecule has 1 aliphatic carbocycles. The molecule has 3 aliphatic heterocycles. The molecule has 4 heterocycles. The predicted octanol–water partition coefficient (Wildman–Crippen LogP) is -6.58. The second-order valence-corrected chi connectivity index (χ2v) is 31.1. The molecule has 632 valence electrons. The zero-order valence-corrected chi connectivity index (χ0v) is 62.8. The minimum atomic E-state index is -5.27. The molecule has 0 radical (unpaired) electrons. The fourth-order valence-electron chi connectivity index (χ4n) is 13.1. The summed E-state index contributed by atoms with van der Waals surface area (Å²) in [5.74, 6) is -12.6. The van der Waals surface area contributed by atoms with Crippen LogP contribution in [-0.4, -0.2) is 310 Å². The molecule has 4 aromatic carbocycles. The van der Waals surface area contributed by atoms with Crippen LogP contribution in [0.25, 0.3) is 10.8 Å². The number of nitrogens with one attached hydrogen (secondary N) is 8. The van der Waals surface area contributed by atoms with Crippen molar-refractivity contribution in [3.05, 3.63) is 123 Å². The van der Waals surface area contributed by atoms with Crippen molar-refractivity contribution in [1.29, 1.82) is 0 Å². The highest BCUT2D eigenvalue weighted by atomic mass is 32.2. The van der Waals surface area contributed by atoms with Crippen LogP contribution in [0.15, 0.2) is 109 Å². The number of benzene rings is 4. The van der Waals surface area contributed by atoms with Crippen LogP contribution in [0.2, 0.25) is 0 Å². The van der Waals surface area contributed by atoms with E-state index in [2.05, 4.69) is 36.9 Å². The Hall–Kier alpha value is -9.04. The molecule has 4 aliphatic rings. The van der Waals surface area contributed by atoms with Gasteiger partial charge in [0.15, 0.2) is 18.7 Å². The Labute approximate surface area is 650 Å². The van der Waals surface area contributed by atoms with Gasteiger partial charge in [0.05, 0.1) is 72.2 Å². The van der Waals surface area contributed by atoms with Crippen LogP contribution in [0, 0.1) is 5.92 Å². The van der Waals surface area contributed by atoms with E-state index >= 15 is 0 Å². The summed E-state index contributed by atoms with van der Waals surface area (Å²) in [5.41, 5.74) is -2.95. The lowest BCUT2D eigenvalue weighted by Gasteiger charge is -2.51. The number of carbonyl (C=O) groups is 7. The molecule has 5 aromatic rings. The van der Waals surface area contributed by atoms with Crippen LogP contribution < -0.4 is 43.1 Å². The number of esters is 1. The van der Waals surface area contributed by atoms with Crippen molar-refractivity contribution < 1.29 is 166 Å². The largest absolute Gasteiger partial charge is 0.477 e. The highest BCUT2D eigenvalue weighted by Crippen LogP contribution is 2.42. The average molecular weight is 1690 g/mol. The summed E-state index contributed by atoms with van der Waals surface area (Å²) in [6.45, 7) is -2.78. The molecule has 4 fully saturated rings. The van der Waals surface area contributed by atoms with Crippen LogP contribution in [-0.2, 0) is 104 Å². The number of hydrogen-bond acceptors (Lipinski definition) is 34. The first kappa shape index (κ1) is 89.9. The predicted molar refractivity (Wildman–Crippen MR) is 382 cm³/mol. The van der Waals surface area contributed by atoms with E-state index in [4.69, 9.17) is 42.6 Å². The smallest absolute Gasteiger partial charge is 0.364 e. The van der Waals surface area contributed by atoms with Gasteiger partial charge < -0.3 is 131 Å². The van der Waals surface area contributed by atoms with Gasteiger partial charge in [-0.15, -0.1) is 0 Å². The molecular weight excluding hydrogens is 1600 g/mol. The first-order chi connectivity index (χ1) is 54.1. The number of aliphatic hydroxyl groups is 9. The van der Waals surface area contributed by atoms with Gasteiger partial charge >= 0.3 is 17.6 Å². The number of aromatic amines is 2. The molecule has 5 amide bonds. The lowest BCUT2D eigenvalue weighted by atomic mass is 9.80. The molecule has 9 rings (SSSR count). The summed E-state index contributed by atoms with van der Waals surface area (Å²) < 4.78 is 156. The molecule has 0 spiro atoms. The number of aliphatic carboxylic acids is 1. The Morgan fingerprint density at radius 3 is 1.98 bits per heavy atom. The van der Waals surface area contributed by atoms with E-state index in [1.165, 1.54) is 61.5 Å². The molecule has 3 saturated heterocycles. The van der Waals surface area contributed by atoms with Gasteiger partial charge in [-0.3, -0.25) is 47.4 Å². The Morgan fingerprint density at radius 1 is 0.696 bits per heavy atom. The number of anilines is 2. The molecule has 0 bridgehead atoms.